The van der Waals surface area contributed by atoms with Crippen molar-refractivity contribution in [2.75, 3.05) is 11.9 Å². The van der Waals surface area contributed by atoms with Crippen LogP contribution in [0.1, 0.15) is 24.1 Å². The number of nitrogens with one attached hydrogen (secondary N) is 2. The van der Waals surface area contributed by atoms with E-state index in [4.69, 9.17) is 0 Å². The summed E-state index contributed by atoms with van der Waals surface area (Å²) in [4.78, 5) is 13.7. The number of carbonyl (C=O) groups is 1. The Labute approximate surface area is 131 Å². The van der Waals surface area contributed by atoms with Crippen LogP contribution in [-0.2, 0) is 17.9 Å². The molecule has 6 heteroatoms. The molecule has 1 aromatic heterocycles. The zero-order chi connectivity index (χ0) is 14.7. The number of aromatic nitrogens is 2. The van der Waals surface area contributed by atoms with Gasteiger partial charge in [0.25, 0.3) is 0 Å². The van der Waals surface area contributed by atoms with Gasteiger partial charge < -0.3 is 10.2 Å². The van der Waals surface area contributed by atoms with Gasteiger partial charge in [-0.05, 0) is 34.0 Å². The second-order valence-electron chi connectivity index (χ2n) is 5.13. The van der Waals surface area contributed by atoms with E-state index in [9.17, 15) is 4.79 Å². The van der Waals surface area contributed by atoms with Crippen LogP contribution in [0.15, 0.2) is 34.9 Å². The largest absolute Gasteiger partial charge is 0.379 e. The summed E-state index contributed by atoms with van der Waals surface area (Å²) < 4.78 is 0.960. The van der Waals surface area contributed by atoms with Crippen LogP contribution < -0.4 is 5.32 Å². The number of carbonyl (C=O) groups excluding carboxylic acids is 1. The summed E-state index contributed by atoms with van der Waals surface area (Å²) in [6.07, 6.45) is 3.39. The molecule has 0 saturated carbocycles. The van der Waals surface area contributed by atoms with Crippen LogP contribution in [0.4, 0.5) is 5.69 Å². The summed E-state index contributed by atoms with van der Waals surface area (Å²) in [5, 5.41) is 10.3. The minimum atomic E-state index is 0.251. The van der Waals surface area contributed by atoms with Gasteiger partial charge in [0.1, 0.15) is 0 Å². The molecule has 0 spiro atoms. The number of aromatic amines is 1. The van der Waals surface area contributed by atoms with Gasteiger partial charge in [-0.1, -0.05) is 18.2 Å². The van der Waals surface area contributed by atoms with Crippen LogP contribution in [0.25, 0.3) is 0 Å². The number of rotatable bonds is 5. The third-order valence-electron chi connectivity index (χ3n) is 3.67. The van der Waals surface area contributed by atoms with Crippen LogP contribution in [-0.4, -0.2) is 27.5 Å². The molecule has 110 valence electrons. The van der Waals surface area contributed by atoms with Crippen molar-refractivity contribution in [2.45, 2.75) is 25.9 Å². The Morgan fingerprint density at radius 1 is 1.38 bits per heavy atom. The Hall–Kier alpha value is -1.82. The molecule has 0 unspecified atom stereocenters. The predicted octanol–water partition coefficient (Wildman–Crippen LogP) is 2.91. The third kappa shape index (κ3) is 3.26. The number of anilines is 1. The van der Waals surface area contributed by atoms with E-state index in [1.807, 2.05) is 23.1 Å². The lowest BCUT2D eigenvalue weighted by Gasteiger charge is -2.18. The molecular weight excluding hydrogens is 332 g/mol. The molecular formula is C15H17BrN4O. The van der Waals surface area contributed by atoms with Gasteiger partial charge in [0.05, 0.1) is 22.9 Å². The molecule has 2 N–H and O–H groups in total. The van der Waals surface area contributed by atoms with Crippen molar-refractivity contribution in [2.24, 2.45) is 0 Å². The van der Waals surface area contributed by atoms with Crippen molar-refractivity contribution in [3.05, 3.63) is 46.2 Å². The monoisotopic (exact) mass is 348 g/mol. The maximum Gasteiger partial charge on any atom is 0.222 e. The number of nitrogens with zero attached hydrogens (tertiary/aromatic N) is 2. The first-order chi connectivity index (χ1) is 10.2. The summed E-state index contributed by atoms with van der Waals surface area (Å²) >= 11 is 3.45. The standard InChI is InChI=1S/C15H17BrN4O/c16-12-8-18-19-14(12)9-17-13-5-2-1-4-11(13)10-20-7-3-6-15(20)21/h1-2,4-5,8,17H,3,6-7,9-10H2,(H,18,19). The van der Waals surface area contributed by atoms with Gasteiger partial charge in [-0.3, -0.25) is 9.89 Å². The van der Waals surface area contributed by atoms with Gasteiger partial charge in [0.2, 0.25) is 5.91 Å². The van der Waals surface area contributed by atoms with Crippen molar-refractivity contribution in [1.82, 2.24) is 15.1 Å². The number of H-pyrrole nitrogens is 1. The Morgan fingerprint density at radius 3 is 2.95 bits per heavy atom. The van der Waals surface area contributed by atoms with Gasteiger partial charge in [0, 0.05) is 25.2 Å². The fourth-order valence-electron chi connectivity index (χ4n) is 2.51. The maximum atomic E-state index is 11.8. The van der Waals surface area contributed by atoms with Crippen molar-refractivity contribution in [3.8, 4) is 0 Å². The molecule has 2 heterocycles. The summed E-state index contributed by atoms with van der Waals surface area (Å²) in [5.41, 5.74) is 3.20. The molecule has 21 heavy (non-hydrogen) atoms. The normalized spacial score (nSPS) is 14.7. The lowest BCUT2D eigenvalue weighted by Crippen LogP contribution is -2.24. The van der Waals surface area contributed by atoms with E-state index >= 15 is 0 Å². The smallest absolute Gasteiger partial charge is 0.222 e. The third-order valence-corrected chi connectivity index (χ3v) is 4.35. The highest BCUT2D eigenvalue weighted by molar-refractivity contribution is 9.10. The average Bonchev–Trinajstić information content (AvgIpc) is 3.07. The SMILES string of the molecule is O=C1CCCN1Cc1ccccc1NCc1[nH]ncc1Br. The number of para-hydroxylation sites is 1. The molecule has 5 nitrogen and oxygen atoms in total. The summed E-state index contributed by atoms with van der Waals surface area (Å²) in [6, 6.07) is 8.11. The van der Waals surface area contributed by atoms with E-state index in [0.29, 0.717) is 19.5 Å². The van der Waals surface area contributed by atoms with Crippen molar-refractivity contribution < 1.29 is 4.79 Å². The summed E-state index contributed by atoms with van der Waals surface area (Å²) in [6.45, 7) is 2.19. The lowest BCUT2D eigenvalue weighted by molar-refractivity contribution is -0.128. The van der Waals surface area contributed by atoms with Crippen molar-refractivity contribution in [3.63, 3.8) is 0 Å². The van der Waals surface area contributed by atoms with Gasteiger partial charge >= 0.3 is 0 Å². The molecule has 1 fully saturated rings. The number of hydrogen-bond acceptors (Lipinski definition) is 3. The highest BCUT2D eigenvalue weighted by Crippen LogP contribution is 2.22. The topological polar surface area (TPSA) is 61.0 Å². The maximum absolute atomic E-state index is 11.8. The number of benzene rings is 1. The first-order valence-electron chi connectivity index (χ1n) is 7.01. The fourth-order valence-corrected chi connectivity index (χ4v) is 2.84. The summed E-state index contributed by atoms with van der Waals surface area (Å²) in [5.74, 6) is 0.251. The minimum absolute atomic E-state index is 0.251. The van der Waals surface area contributed by atoms with Crippen LogP contribution in [0.2, 0.25) is 0 Å². The first-order valence-corrected chi connectivity index (χ1v) is 7.80. The molecule has 2 aromatic rings. The Balaban J connectivity index is 1.70. The molecule has 1 saturated heterocycles. The van der Waals surface area contributed by atoms with Gasteiger partial charge in [-0.15, -0.1) is 0 Å². The van der Waals surface area contributed by atoms with E-state index < -0.39 is 0 Å². The van der Waals surface area contributed by atoms with Crippen LogP contribution in [0, 0.1) is 0 Å². The zero-order valence-electron chi connectivity index (χ0n) is 11.6. The van der Waals surface area contributed by atoms with Crippen molar-refractivity contribution in [1.29, 1.82) is 0 Å². The van der Waals surface area contributed by atoms with Gasteiger partial charge in [0.15, 0.2) is 0 Å². The van der Waals surface area contributed by atoms with E-state index in [-0.39, 0.29) is 5.91 Å². The Bertz CT molecular complexity index is 640. The van der Waals surface area contributed by atoms with Crippen LogP contribution >= 0.6 is 15.9 Å². The molecule has 1 aromatic carbocycles. The minimum Gasteiger partial charge on any atom is -0.379 e. The first kappa shape index (κ1) is 14.1. The molecule has 3 rings (SSSR count). The van der Waals surface area contributed by atoms with Crippen LogP contribution in [0.3, 0.4) is 0 Å². The highest BCUT2D eigenvalue weighted by atomic mass is 79.9. The predicted molar refractivity (Wildman–Crippen MR) is 84.7 cm³/mol. The second kappa shape index (κ2) is 6.30. The fraction of sp³-hybridized carbons (Fsp3) is 0.333. The highest BCUT2D eigenvalue weighted by Gasteiger charge is 2.20. The Kier molecular flexibility index (Phi) is 4.24. The number of amides is 1. The van der Waals surface area contributed by atoms with E-state index in [2.05, 4.69) is 37.5 Å². The lowest BCUT2D eigenvalue weighted by atomic mass is 10.1. The van der Waals surface area contributed by atoms with Gasteiger partial charge in [-0.2, -0.15) is 5.10 Å². The molecule has 1 amide bonds. The average molecular weight is 349 g/mol. The molecule has 1 aliphatic heterocycles. The second-order valence-corrected chi connectivity index (χ2v) is 5.98. The molecule has 0 atom stereocenters. The quantitative estimate of drug-likeness (QED) is 0.873. The van der Waals surface area contributed by atoms with Crippen LogP contribution in [0.5, 0.6) is 0 Å². The zero-order valence-corrected chi connectivity index (χ0v) is 13.2. The van der Waals surface area contributed by atoms with Gasteiger partial charge in [-0.25, -0.2) is 0 Å². The molecule has 0 bridgehead atoms. The van der Waals surface area contributed by atoms with E-state index in [1.165, 1.54) is 0 Å². The molecule has 1 aliphatic rings. The number of likely N-dealkylation sites (tertiary alicyclic amines) is 1. The number of halogens is 1. The molecule has 0 radical (unpaired) electrons. The van der Waals surface area contributed by atoms with Crippen molar-refractivity contribution >= 4 is 27.5 Å². The van der Waals surface area contributed by atoms with E-state index in [1.54, 1.807) is 6.20 Å². The number of hydrogen-bond donors (Lipinski definition) is 2. The summed E-state index contributed by atoms with van der Waals surface area (Å²) in [7, 11) is 0. The van der Waals surface area contributed by atoms with E-state index in [0.717, 1.165) is 34.4 Å². The Morgan fingerprint density at radius 2 is 2.24 bits per heavy atom. The molecule has 0 aliphatic carbocycles.